The normalized spacial score (nSPS) is 25.8. The van der Waals surface area contributed by atoms with Crippen molar-refractivity contribution in [1.82, 2.24) is 4.98 Å². The van der Waals surface area contributed by atoms with Crippen molar-refractivity contribution < 1.29 is 0 Å². The lowest BCUT2D eigenvalue weighted by Gasteiger charge is -2.27. The fourth-order valence-corrected chi connectivity index (χ4v) is 1.37. The Labute approximate surface area is 75.9 Å². The number of fused-ring (bicyclic) bond motifs is 1. The summed E-state index contributed by atoms with van der Waals surface area (Å²) in [7, 11) is 0. The summed E-state index contributed by atoms with van der Waals surface area (Å²) in [4.78, 5) is 8.19. The molecular weight excluding hydrogens is 166 g/mol. The van der Waals surface area contributed by atoms with Crippen LogP contribution in [-0.4, -0.2) is 10.9 Å². The molecule has 13 heavy (non-hydrogen) atoms. The number of nitrogens with one attached hydrogen (secondary N) is 1. The topological polar surface area (TPSA) is 89.3 Å². The van der Waals surface area contributed by atoms with E-state index in [-0.39, 0.29) is 0 Å². The average molecular weight is 177 g/mol. The molecule has 5 heteroatoms. The lowest BCUT2D eigenvalue weighted by molar-refractivity contribution is 0.518. The highest BCUT2D eigenvalue weighted by Gasteiger charge is 2.28. The van der Waals surface area contributed by atoms with Crippen LogP contribution >= 0.6 is 0 Å². The van der Waals surface area contributed by atoms with Gasteiger partial charge < -0.3 is 16.8 Å². The minimum Gasteiger partial charge on any atom is -0.370 e. The first kappa shape index (κ1) is 8.00. The number of nitrogens with two attached hydrogens (primary N) is 2. The van der Waals surface area contributed by atoms with E-state index in [0.29, 0.717) is 11.8 Å². The lowest BCUT2D eigenvalue weighted by atomic mass is 10.0. The molecule has 1 aromatic heterocycles. The van der Waals surface area contributed by atoms with Crippen LogP contribution < -0.4 is 16.8 Å². The highest BCUT2D eigenvalue weighted by molar-refractivity contribution is 5.94. The van der Waals surface area contributed by atoms with Crippen molar-refractivity contribution in [2.75, 3.05) is 5.32 Å². The molecule has 1 unspecified atom stereocenters. The van der Waals surface area contributed by atoms with Crippen LogP contribution in [0.15, 0.2) is 23.3 Å². The Balaban J connectivity index is 2.58. The van der Waals surface area contributed by atoms with Crippen molar-refractivity contribution in [2.24, 2.45) is 16.5 Å². The summed E-state index contributed by atoms with van der Waals surface area (Å²) in [6.07, 6.45) is 1.68. The molecule has 1 aliphatic heterocycles. The maximum Gasteiger partial charge on any atom is 0.196 e. The first-order chi connectivity index (χ1) is 6.09. The fourth-order valence-electron chi connectivity index (χ4n) is 1.37. The van der Waals surface area contributed by atoms with Crippen molar-refractivity contribution >= 4 is 11.8 Å². The van der Waals surface area contributed by atoms with Crippen molar-refractivity contribution in [3.8, 4) is 0 Å². The molecule has 68 valence electrons. The monoisotopic (exact) mass is 177 g/mol. The summed E-state index contributed by atoms with van der Waals surface area (Å²) in [5, 5.41) is 2.85. The molecule has 0 saturated heterocycles. The third kappa shape index (κ3) is 1.23. The number of guanidine groups is 1. The van der Waals surface area contributed by atoms with Gasteiger partial charge in [0.25, 0.3) is 0 Å². The van der Waals surface area contributed by atoms with Gasteiger partial charge in [0.05, 0.1) is 0 Å². The van der Waals surface area contributed by atoms with Gasteiger partial charge in [-0.05, 0) is 19.1 Å². The van der Waals surface area contributed by atoms with Gasteiger partial charge in [-0.2, -0.15) is 0 Å². The van der Waals surface area contributed by atoms with E-state index in [1.54, 1.807) is 13.1 Å². The maximum atomic E-state index is 5.93. The molecule has 0 saturated carbocycles. The van der Waals surface area contributed by atoms with Gasteiger partial charge in [-0.15, -0.1) is 0 Å². The lowest BCUT2D eigenvalue weighted by Crippen LogP contribution is -2.41. The van der Waals surface area contributed by atoms with Crippen LogP contribution in [-0.2, 0) is 5.66 Å². The third-order valence-corrected chi connectivity index (χ3v) is 1.95. The zero-order chi connectivity index (χ0) is 9.47. The molecular formula is C8H11N5. The SMILES string of the molecule is CC1(N)N=C(N)Nc2ncccc21. The van der Waals surface area contributed by atoms with Gasteiger partial charge in [0.2, 0.25) is 0 Å². The molecule has 2 heterocycles. The Morgan fingerprint density at radius 1 is 1.54 bits per heavy atom. The predicted octanol–water partition coefficient (Wildman–Crippen LogP) is -0.0468. The van der Waals surface area contributed by atoms with Crippen LogP contribution in [0.25, 0.3) is 0 Å². The molecule has 1 atom stereocenters. The number of pyridine rings is 1. The Kier molecular flexibility index (Phi) is 1.50. The van der Waals surface area contributed by atoms with E-state index in [2.05, 4.69) is 15.3 Å². The Morgan fingerprint density at radius 2 is 2.31 bits per heavy atom. The number of rotatable bonds is 0. The molecule has 0 radical (unpaired) electrons. The second-order valence-electron chi connectivity index (χ2n) is 3.17. The number of aliphatic imine (C=N–C) groups is 1. The minimum absolute atomic E-state index is 0.302. The largest absolute Gasteiger partial charge is 0.370 e. The molecule has 5 N–H and O–H groups in total. The number of anilines is 1. The van der Waals surface area contributed by atoms with Gasteiger partial charge in [0, 0.05) is 11.8 Å². The van der Waals surface area contributed by atoms with E-state index < -0.39 is 5.66 Å². The molecule has 0 fully saturated rings. The summed E-state index contributed by atoms with van der Waals surface area (Å²) >= 11 is 0. The maximum absolute atomic E-state index is 5.93. The minimum atomic E-state index is -0.779. The van der Waals surface area contributed by atoms with E-state index >= 15 is 0 Å². The van der Waals surface area contributed by atoms with E-state index in [9.17, 15) is 0 Å². The summed E-state index contributed by atoms with van der Waals surface area (Å²) in [5.41, 5.74) is 11.5. The summed E-state index contributed by atoms with van der Waals surface area (Å²) in [5.74, 6) is 0.983. The van der Waals surface area contributed by atoms with Crippen molar-refractivity contribution in [1.29, 1.82) is 0 Å². The van der Waals surface area contributed by atoms with Crippen LogP contribution in [0.3, 0.4) is 0 Å². The first-order valence-electron chi connectivity index (χ1n) is 3.96. The number of aromatic nitrogens is 1. The number of hydrogen-bond donors (Lipinski definition) is 3. The molecule has 0 spiro atoms. The molecule has 0 bridgehead atoms. The van der Waals surface area contributed by atoms with Crippen molar-refractivity contribution in [2.45, 2.75) is 12.6 Å². The predicted molar refractivity (Wildman–Crippen MR) is 51.0 cm³/mol. The van der Waals surface area contributed by atoms with Crippen LogP contribution in [0.2, 0.25) is 0 Å². The van der Waals surface area contributed by atoms with E-state index in [1.807, 2.05) is 12.1 Å². The van der Waals surface area contributed by atoms with E-state index in [0.717, 1.165) is 5.56 Å². The van der Waals surface area contributed by atoms with Gasteiger partial charge in [-0.3, -0.25) is 0 Å². The summed E-state index contributed by atoms with van der Waals surface area (Å²) in [6, 6.07) is 3.70. The molecule has 1 aliphatic rings. The zero-order valence-corrected chi connectivity index (χ0v) is 7.28. The molecule has 1 aromatic rings. The van der Waals surface area contributed by atoms with Crippen molar-refractivity contribution in [3.05, 3.63) is 23.9 Å². The first-order valence-corrected chi connectivity index (χ1v) is 3.96. The van der Waals surface area contributed by atoms with E-state index in [4.69, 9.17) is 11.5 Å². The highest BCUT2D eigenvalue weighted by atomic mass is 15.2. The van der Waals surface area contributed by atoms with Crippen LogP contribution in [0.4, 0.5) is 5.82 Å². The quantitative estimate of drug-likeness (QED) is 0.518. The second kappa shape index (κ2) is 2.43. The highest BCUT2D eigenvalue weighted by Crippen LogP contribution is 2.27. The van der Waals surface area contributed by atoms with Gasteiger partial charge in [0.15, 0.2) is 5.96 Å². The van der Waals surface area contributed by atoms with E-state index in [1.165, 1.54) is 0 Å². The molecule has 0 amide bonds. The molecule has 0 aromatic carbocycles. The zero-order valence-electron chi connectivity index (χ0n) is 7.28. The average Bonchev–Trinajstić information content (AvgIpc) is 2.02. The number of hydrogen-bond acceptors (Lipinski definition) is 5. The van der Waals surface area contributed by atoms with Gasteiger partial charge in [0.1, 0.15) is 11.5 Å². The van der Waals surface area contributed by atoms with Gasteiger partial charge >= 0.3 is 0 Å². The third-order valence-electron chi connectivity index (χ3n) is 1.95. The van der Waals surface area contributed by atoms with Crippen LogP contribution in [0, 0.1) is 0 Å². The number of nitrogens with zero attached hydrogens (tertiary/aromatic N) is 2. The Morgan fingerprint density at radius 3 is 3.08 bits per heavy atom. The second-order valence-corrected chi connectivity index (χ2v) is 3.17. The summed E-state index contributed by atoms with van der Waals surface area (Å²) in [6.45, 7) is 1.79. The Hall–Kier alpha value is -1.62. The van der Waals surface area contributed by atoms with Gasteiger partial charge in [-0.1, -0.05) is 0 Å². The molecule has 0 aliphatic carbocycles. The fraction of sp³-hybridized carbons (Fsp3) is 0.250. The molecule has 5 nitrogen and oxygen atoms in total. The smallest absolute Gasteiger partial charge is 0.196 e. The van der Waals surface area contributed by atoms with Gasteiger partial charge in [-0.25, -0.2) is 9.98 Å². The van der Waals surface area contributed by atoms with Crippen LogP contribution in [0.5, 0.6) is 0 Å². The standard InChI is InChI=1S/C8H11N5/c1-8(10)5-3-2-4-11-6(5)12-7(9)13-8/h2-4H,10H2,1H3,(H3,9,11,12,13). The van der Waals surface area contributed by atoms with Crippen LogP contribution in [0.1, 0.15) is 12.5 Å². The summed E-state index contributed by atoms with van der Waals surface area (Å²) < 4.78 is 0. The molecule has 2 rings (SSSR count). The Bertz CT molecular complexity index is 369. The van der Waals surface area contributed by atoms with Crippen molar-refractivity contribution in [3.63, 3.8) is 0 Å².